The Morgan fingerprint density at radius 3 is 2.68 bits per heavy atom. The number of hydrogen-bond acceptors (Lipinski definition) is 3. The van der Waals surface area contributed by atoms with E-state index in [0.717, 1.165) is 24.2 Å². The van der Waals surface area contributed by atoms with E-state index in [2.05, 4.69) is 0 Å². The van der Waals surface area contributed by atoms with Crippen molar-refractivity contribution in [2.75, 3.05) is 19.8 Å². The summed E-state index contributed by atoms with van der Waals surface area (Å²) < 4.78 is 5.54. The number of carbonyl (C=O) groups excluding carboxylic acids is 1. The number of aliphatic hydroxyl groups is 1. The van der Waals surface area contributed by atoms with Crippen LogP contribution in [0.15, 0.2) is 18.2 Å². The van der Waals surface area contributed by atoms with Gasteiger partial charge < -0.3 is 14.7 Å². The number of nitrogens with zero attached hydrogens (tertiary/aromatic N) is 1. The molecule has 0 atom stereocenters. The highest BCUT2D eigenvalue weighted by Gasteiger charge is 2.32. The molecule has 1 N–H and O–H groups in total. The fourth-order valence-corrected chi connectivity index (χ4v) is 2.04. The lowest BCUT2D eigenvalue weighted by Crippen LogP contribution is -2.38. The van der Waals surface area contributed by atoms with Crippen LogP contribution in [-0.2, 0) is 4.79 Å². The van der Waals surface area contributed by atoms with Crippen molar-refractivity contribution in [1.29, 1.82) is 0 Å². The average Bonchev–Trinajstić information content (AvgIpc) is 3.21. The van der Waals surface area contributed by atoms with E-state index in [1.165, 1.54) is 5.56 Å². The Balaban J connectivity index is 1.89. The lowest BCUT2D eigenvalue weighted by atomic mass is 10.1. The highest BCUT2D eigenvalue weighted by molar-refractivity contribution is 5.78. The summed E-state index contributed by atoms with van der Waals surface area (Å²) in [6.07, 6.45) is 2.07. The van der Waals surface area contributed by atoms with Crippen LogP contribution in [0.4, 0.5) is 0 Å². The Hall–Kier alpha value is -1.55. The number of hydrogen-bond donors (Lipinski definition) is 1. The molecule has 0 spiro atoms. The zero-order valence-corrected chi connectivity index (χ0v) is 11.6. The summed E-state index contributed by atoms with van der Waals surface area (Å²) in [6, 6.07) is 6.11. The Labute approximate surface area is 114 Å². The lowest BCUT2D eigenvalue weighted by Gasteiger charge is -2.21. The number of amides is 1. The number of aryl methyl sites for hydroxylation is 2. The smallest absolute Gasteiger partial charge is 0.260 e. The average molecular weight is 263 g/mol. The maximum Gasteiger partial charge on any atom is 0.260 e. The molecule has 0 unspecified atom stereocenters. The van der Waals surface area contributed by atoms with E-state index in [4.69, 9.17) is 9.84 Å². The molecule has 0 radical (unpaired) electrons. The van der Waals surface area contributed by atoms with Gasteiger partial charge in [0.05, 0.1) is 6.61 Å². The van der Waals surface area contributed by atoms with Gasteiger partial charge >= 0.3 is 0 Å². The van der Waals surface area contributed by atoms with Crippen LogP contribution in [0.1, 0.15) is 24.0 Å². The predicted molar refractivity (Wildman–Crippen MR) is 73.2 cm³/mol. The zero-order chi connectivity index (χ0) is 13.8. The minimum absolute atomic E-state index is 0.00583. The monoisotopic (exact) mass is 263 g/mol. The molecule has 1 aliphatic carbocycles. The molecule has 1 saturated carbocycles. The Kier molecular flexibility index (Phi) is 4.43. The topological polar surface area (TPSA) is 49.8 Å². The highest BCUT2D eigenvalue weighted by Crippen LogP contribution is 2.26. The summed E-state index contributed by atoms with van der Waals surface area (Å²) in [7, 11) is 0. The molecule has 0 saturated heterocycles. The molecular weight excluding hydrogens is 242 g/mol. The van der Waals surface area contributed by atoms with Gasteiger partial charge in [-0.3, -0.25) is 4.79 Å². The van der Waals surface area contributed by atoms with Crippen molar-refractivity contribution in [3.8, 4) is 5.75 Å². The number of ether oxygens (including phenoxy) is 1. The molecule has 2 rings (SSSR count). The van der Waals surface area contributed by atoms with Crippen molar-refractivity contribution in [2.24, 2.45) is 0 Å². The van der Waals surface area contributed by atoms with Gasteiger partial charge in [0.1, 0.15) is 5.75 Å². The van der Waals surface area contributed by atoms with Gasteiger partial charge in [-0.2, -0.15) is 0 Å². The van der Waals surface area contributed by atoms with Gasteiger partial charge in [-0.15, -0.1) is 0 Å². The molecule has 0 bridgehead atoms. The second kappa shape index (κ2) is 6.06. The van der Waals surface area contributed by atoms with Crippen molar-refractivity contribution in [2.45, 2.75) is 32.7 Å². The Morgan fingerprint density at radius 2 is 2.11 bits per heavy atom. The second-order valence-electron chi connectivity index (χ2n) is 5.08. The van der Waals surface area contributed by atoms with E-state index in [1.807, 2.05) is 32.0 Å². The van der Waals surface area contributed by atoms with Gasteiger partial charge in [-0.25, -0.2) is 0 Å². The van der Waals surface area contributed by atoms with Crippen LogP contribution in [0.25, 0.3) is 0 Å². The molecule has 4 heteroatoms. The SMILES string of the molecule is Cc1ccc(OCC(=O)N(CCO)C2CC2)cc1C. The predicted octanol–water partition coefficient (Wildman–Crippen LogP) is 1.67. The van der Waals surface area contributed by atoms with Crippen molar-refractivity contribution in [3.05, 3.63) is 29.3 Å². The van der Waals surface area contributed by atoms with Crippen molar-refractivity contribution in [1.82, 2.24) is 4.90 Å². The third-order valence-corrected chi connectivity index (χ3v) is 3.49. The fourth-order valence-electron chi connectivity index (χ4n) is 2.04. The maximum atomic E-state index is 12.0. The minimum Gasteiger partial charge on any atom is -0.484 e. The quantitative estimate of drug-likeness (QED) is 0.849. The molecule has 104 valence electrons. The molecule has 19 heavy (non-hydrogen) atoms. The number of aliphatic hydroxyl groups excluding tert-OH is 1. The molecule has 1 aliphatic rings. The van der Waals surface area contributed by atoms with Gasteiger partial charge in [0.2, 0.25) is 0 Å². The first-order valence-corrected chi connectivity index (χ1v) is 6.72. The summed E-state index contributed by atoms with van der Waals surface area (Å²) >= 11 is 0. The van der Waals surface area contributed by atoms with Crippen LogP contribution in [0, 0.1) is 13.8 Å². The van der Waals surface area contributed by atoms with E-state index in [-0.39, 0.29) is 19.1 Å². The van der Waals surface area contributed by atoms with Crippen molar-refractivity contribution < 1.29 is 14.6 Å². The van der Waals surface area contributed by atoms with Crippen molar-refractivity contribution in [3.63, 3.8) is 0 Å². The van der Waals surface area contributed by atoms with E-state index < -0.39 is 0 Å². The van der Waals surface area contributed by atoms with Crippen LogP contribution in [0.3, 0.4) is 0 Å². The molecule has 0 heterocycles. The van der Waals surface area contributed by atoms with E-state index in [0.29, 0.717) is 12.6 Å². The normalized spacial score (nSPS) is 14.3. The lowest BCUT2D eigenvalue weighted by molar-refractivity contribution is -0.134. The number of carbonyl (C=O) groups is 1. The number of benzene rings is 1. The van der Waals surface area contributed by atoms with Crippen molar-refractivity contribution >= 4 is 5.91 Å². The standard InChI is InChI=1S/C15H21NO3/c1-11-3-6-14(9-12(11)2)19-10-15(18)16(7-8-17)13-4-5-13/h3,6,9,13,17H,4-5,7-8,10H2,1-2H3. The first kappa shape index (κ1) is 13.9. The summed E-state index contributed by atoms with van der Waals surface area (Å²) in [5.74, 6) is 0.672. The number of rotatable bonds is 6. The minimum atomic E-state index is -0.0465. The van der Waals surface area contributed by atoms with E-state index >= 15 is 0 Å². The first-order chi connectivity index (χ1) is 9.11. The highest BCUT2D eigenvalue weighted by atomic mass is 16.5. The van der Waals surface area contributed by atoms with Crippen LogP contribution in [-0.4, -0.2) is 41.7 Å². The summed E-state index contributed by atoms with van der Waals surface area (Å²) in [4.78, 5) is 13.8. The third-order valence-electron chi connectivity index (χ3n) is 3.49. The fraction of sp³-hybridized carbons (Fsp3) is 0.533. The Bertz CT molecular complexity index is 455. The van der Waals surface area contributed by atoms with Crippen LogP contribution in [0.5, 0.6) is 5.75 Å². The van der Waals surface area contributed by atoms with Gasteiger partial charge in [-0.1, -0.05) is 6.07 Å². The van der Waals surface area contributed by atoms with Gasteiger partial charge in [0, 0.05) is 12.6 Å². The molecule has 1 fully saturated rings. The maximum absolute atomic E-state index is 12.0. The van der Waals surface area contributed by atoms with E-state index in [9.17, 15) is 4.79 Å². The van der Waals surface area contributed by atoms with Gasteiger partial charge in [-0.05, 0) is 49.9 Å². The summed E-state index contributed by atoms with van der Waals surface area (Å²) in [5.41, 5.74) is 2.36. The van der Waals surface area contributed by atoms with Gasteiger partial charge in [0.15, 0.2) is 6.61 Å². The molecule has 1 amide bonds. The molecule has 1 aromatic rings. The van der Waals surface area contributed by atoms with Crippen LogP contribution in [0.2, 0.25) is 0 Å². The largest absolute Gasteiger partial charge is 0.484 e. The van der Waals surface area contributed by atoms with E-state index in [1.54, 1.807) is 4.90 Å². The Morgan fingerprint density at radius 1 is 1.37 bits per heavy atom. The molecule has 0 aliphatic heterocycles. The molecule has 1 aromatic carbocycles. The zero-order valence-electron chi connectivity index (χ0n) is 11.6. The van der Waals surface area contributed by atoms with Crippen LogP contribution >= 0.6 is 0 Å². The molecule has 4 nitrogen and oxygen atoms in total. The molecule has 0 aromatic heterocycles. The third kappa shape index (κ3) is 3.70. The van der Waals surface area contributed by atoms with Crippen LogP contribution < -0.4 is 4.74 Å². The molecular formula is C15H21NO3. The first-order valence-electron chi connectivity index (χ1n) is 6.72. The summed E-state index contributed by atoms with van der Waals surface area (Å²) in [5, 5.41) is 8.98. The second-order valence-corrected chi connectivity index (χ2v) is 5.08. The summed E-state index contributed by atoms with van der Waals surface area (Å²) in [6.45, 7) is 4.51. The van der Waals surface area contributed by atoms with Gasteiger partial charge in [0.25, 0.3) is 5.91 Å².